The van der Waals surface area contributed by atoms with Crippen molar-refractivity contribution in [2.45, 2.75) is 26.7 Å². The third-order valence-electron chi connectivity index (χ3n) is 4.98. The Morgan fingerprint density at radius 3 is 2.54 bits per heavy atom. The fraction of sp³-hybridized carbons (Fsp3) is 0.350. The number of aromatic nitrogens is 4. The fourth-order valence-corrected chi connectivity index (χ4v) is 3.30. The highest BCUT2D eigenvalue weighted by Gasteiger charge is 2.19. The number of rotatable bonds is 3. The maximum absolute atomic E-state index is 13.1. The average Bonchev–Trinajstić information content (AvgIpc) is 3.05. The normalized spacial score (nSPS) is 15.4. The molecule has 0 saturated carbocycles. The molecule has 0 radical (unpaired) electrons. The summed E-state index contributed by atoms with van der Waals surface area (Å²) in [5.41, 5.74) is 3.52. The highest BCUT2D eigenvalue weighted by Crippen LogP contribution is 2.25. The van der Waals surface area contributed by atoms with E-state index in [2.05, 4.69) is 21.9 Å². The predicted octanol–water partition coefficient (Wildman–Crippen LogP) is 4.01. The molecule has 0 amide bonds. The van der Waals surface area contributed by atoms with Crippen molar-refractivity contribution in [3.63, 3.8) is 0 Å². The minimum atomic E-state index is -0.255. The van der Waals surface area contributed by atoms with E-state index in [0.29, 0.717) is 0 Å². The first-order valence-electron chi connectivity index (χ1n) is 9.01. The van der Waals surface area contributed by atoms with Gasteiger partial charge in [-0.1, -0.05) is 6.92 Å². The molecule has 3 aromatic rings. The monoisotopic (exact) mass is 351 g/mol. The zero-order valence-electron chi connectivity index (χ0n) is 15.1. The SMILES string of the molecule is Cc1nn(-c2ccc(F)cc2)cc1-c1ccnc(N2CCC(C)CC2)n1. The summed E-state index contributed by atoms with van der Waals surface area (Å²) >= 11 is 0. The second-order valence-corrected chi connectivity index (χ2v) is 6.96. The molecule has 1 aliphatic rings. The first-order chi connectivity index (χ1) is 12.6. The van der Waals surface area contributed by atoms with Gasteiger partial charge in [-0.25, -0.2) is 19.0 Å². The van der Waals surface area contributed by atoms with Crippen molar-refractivity contribution in [2.75, 3.05) is 18.0 Å². The van der Waals surface area contributed by atoms with Gasteiger partial charge in [0.15, 0.2) is 0 Å². The zero-order valence-corrected chi connectivity index (χ0v) is 15.1. The van der Waals surface area contributed by atoms with Crippen molar-refractivity contribution in [1.82, 2.24) is 19.7 Å². The predicted molar refractivity (Wildman–Crippen MR) is 99.9 cm³/mol. The van der Waals surface area contributed by atoms with Crippen LogP contribution in [0.25, 0.3) is 16.9 Å². The van der Waals surface area contributed by atoms with E-state index in [1.807, 2.05) is 25.4 Å². The third kappa shape index (κ3) is 3.31. The largest absolute Gasteiger partial charge is 0.341 e. The van der Waals surface area contributed by atoms with Gasteiger partial charge in [0.1, 0.15) is 5.82 Å². The topological polar surface area (TPSA) is 46.8 Å². The highest BCUT2D eigenvalue weighted by atomic mass is 19.1. The van der Waals surface area contributed by atoms with Crippen molar-refractivity contribution in [1.29, 1.82) is 0 Å². The van der Waals surface area contributed by atoms with Crippen LogP contribution in [0.15, 0.2) is 42.7 Å². The van der Waals surface area contributed by atoms with Gasteiger partial charge in [0.2, 0.25) is 5.95 Å². The lowest BCUT2D eigenvalue weighted by molar-refractivity contribution is 0.434. The van der Waals surface area contributed by atoms with Crippen molar-refractivity contribution in [2.24, 2.45) is 5.92 Å². The first-order valence-corrected chi connectivity index (χ1v) is 9.01. The molecule has 4 rings (SSSR count). The number of benzene rings is 1. The Kier molecular flexibility index (Phi) is 4.41. The summed E-state index contributed by atoms with van der Waals surface area (Å²) in [6.07, 6.45) is 6.10. The summed E-state index contributed by atoms with van der Waals surface area (Å²) in [6.45, 7) is 6.25. The van der Waals surface area contributed by atoms with E-state index in [0.717, 1.165) is 47.6 Å². The van der Waals surface area contributed by atoms with E-state index in [9.17, 15) is 4.39 Å². The van der Waals surface area contributed by atoms with Gasteiger partial charge in [0.25, 0.3) is 0 Å². The summed E-state index contributed by atoms with van der Waals surface area (Å²) in [4.78, 5) is 11.5. The third-order valence-corrected chi connectivity index (χ3v) is 4.98. The lowest BCUT2D eigenvalue weighted by Gasteiger charge is -2.30. The van der Waals surface area contributed by atoms with Gasteiger partial charge in [-0.3, -0.25) is 0 Å². The summed E-state index contributed by atoms with van der Waals surface area (Å²) < 4.78 is 14.9. The molecular weight excluding hydrogens is 329 g/mol. The molecule has 0 atom stereocenters. The summed E-state index contributed by atoms with van der Waals surface area (Å²) in [6, 6.07) is 8.21. The average molecular weight is 351 g/mol. The fourth-order valence-electron chi connectivity index (χ4n) is 3.30. The Morgan fingerprint density at radius 2 is 1.81 bits per heavy atom. The molecule has 26 heavy (non-hydrogen) atoms. The molecule has 0 unspecified atom stereocenters. The summed E-state index contributed by atoms with van der Waals surface area (Å²) in [5, 5.41) is 4.56. The molecular formula is C20H22FN5. The second-order valence-electron chi connectivity index (χ2n) is 6.96. The van der Waals surface area contributed by atoms with Gasteiger partial charge < -0.3 is 4.90 Å². The van der Waals surface area contributed by atoms with Crippen molar-refractivity contribution in [3.05, 3.63) is 54.2 Å². The minimum absolute atomic E-state index is 0.255. The second kappa shape index (κ2) is 6.86. The first kappa shape index (κ1) is 16.7. The van der Waals surface area contributed by atoms with E-state index in [1.165, 1.54) is 25.0 Å². The molecule has 1 fully saturated rings. The minimum Gasteiger partial charge on any atom is -0.341 e. The van der Waals surface area contributed by atoms with Gasteiger partial charge >= 0.3 is 0 Å². The number of aryl methyl sites for hydroxylation is 1. The van der Waals surface area contributed by atoms with Gasteiger partial charge in [-0.05, 0) is 56.0 Å². The van der Waals surface area contributed by atoms with Gasteiger partial charge in [-0.15, -0.1) is 0 Å². The van der Waals surface area contributed by atoms with E-state index < -0.39 is 0 Å². The maximum Gasteiger partial charge on any atom is 0.225 e. The Labute approximate surface area is 152 Å². The Hall–Kier alpha value is -2.76. The van der Waals surface area contributed by atoms with Crippen LogP contribution < -0.4 is 4.90 Å². The van der Waals surface area contributed by atoms with Crippen LogP contribution in [-0.4, -0.2) is 32.8 Å². The molecule has 6 heteroatoms. The lowest BCUT2D eigenvalue weighted by Crippen LogP contribution is -2.34. The molecule has 0 aliphatic carbocycles. The molecule has 1 aromatic carbocycles. The number of halogens is 1. The van der Waals surface area contributed by atoms with E-state index >= 15 is 0 Å². The highest BCUT2D eigenvalue weighted by molar-refractivity contribution is 5.62. The Balaban J connectivity index is 1.63. The van der Waals surface area contributed by atoms with E-state index in [-0.39, 0.29) is 5.82 Å². The van der Waals surface area contributed by atoms with E-state index in [1.54, 1.807) is 16.8 Å². The molecule has 0 N–H and O–H groups in total. The molecule has 1 saturated heterocycles. The maximum atomic E-state index is 13.1. The van der Waals surface area contributed by atoms with Crippen molar-refractivity contribution >= 4 is 5.95 Å². The van der Waals surface area contributed by atoms with Crippen LogP contribution in [0.2, 0.25) is 0 Å². The Morgan fingerprint density at radius 1 is 1.08 bits per heavy atom. The Bertz CT molecular complexity index is 895. The van der Waals surface area contributed by atoms with Crippen molar-refractivity contribution in [3.8, 4) is 16.9 Å². The summed E-state index contributed by atoms with van der Waals surface area (Å²) in [5.74, 6) is 1.29. The molecule has 0 bridgehead atoms. The van der Waals surface area contributed by atoms with Crippen LogP contribution in [-0.2, 0) is 0 Å². The van der Waals surface area contributed by atoms with Crippen LogP contribution in [0.5, 0.6) is 0 Å². The molecule has 2 aromatic heterocycles. The number of hydrogen-bond donors (Lipinski definition) is 0. The van der Waals surface area contributed by atoms with Gasteiger partial charge in [-0.2, -0.15) is 5.10 Å². The van der Waals surface area contributed by atoms with Gasteiger partial charge in [0.05, 0.1) is 17.1 Å². The molecule has 5 nitrogen and oxygen atoms in total. The quantitative estimate of drug-likeness (QED) is 0.715. The molecule has 0 spiro atoms. The number of anilines is 1. The standard InChI is InChI=1S/C20H22FN5/c1-14-8-11-25(12-9-14)20-22-10-7-19(23-20)18-13-26(24-15(18)2)17-5-3-16(21)4-6-17/h3-7,10,13-14H,8-9,11-12H2,1-2H3. The van der Waals surface area contributed by atoms with Crippen LogP contribution >= 0.6 is 0 Å². The van der Waals surface area contributed by atoms with E-state index in [4.69, 9.17) is 4.98 Å². The van der Waals surface area contributed by atoms with Crippen LogP contribution in [0.4, 0.5) is 10.3 Å². The lowest BCUT2D eigenvalue weighted by atomic mass is 10.00. The molecule has 134 valence electrons. The van der Waals surface area contributed by atoms with Crippen molar-refractivity contribution < 1.29 is 4.39 Å². The molecule has 1 aliphatic heterocycles. The van der Waals surface area contributed by atoms with Crippen LogP contribution in [0, 0.1) is 18.7 Å². The number of nitrogens with zero attached hydrogens (tertiary/aromatic N) is 5. The number of piperidine rings is 1. The number of hydrogen-bond acceptors (Lipinski definition) is 4. The van der Waals surface area contributed by atoms with Crippen LogP contribution in [0.1, 0.15) is 25.5 Å². The molecule has 3 heterocycles. The van der Waals surface area contributed by atoms with Gasteiger partial charge in [0, 0.05) is 31.0 Å². The van der Waals surface area contributed by atoms with Crippen LogP contribution in [0.3, 0.4) is 0 Å². The smallest absolute Gasteiger partial charge is 0.225 e. The summed E-state index contributed by atoms with van der Waals surface area (Å²) in [7, 11) is 0. The zero-order chi connectivity index (χ0) is 18.1.